The SMILES string of the molecule is COc1ccc(-c2cc(-c3ccccn3)nc(-c3cccc(CNC(=O)CN(CCOO)CCN(CCN(CCOO)CC(=O)O)CC(=O)O)n3)c2)cc1N. The smallest absolute Gasteiger partial charge is 0.317 e. The second kappa shape index (κ2) is 21.9. The van der Waals surface area contributed by atoms with Crippen molar-refractivity contribution in [2.45, 2.75) is 6.54 Å². The Morgan fingerprint density at radius 3 is 1.85 bits per heavy atom. The molecule has 3 aromatic heterocycles. The third kappa shape index (κ3) is 14.0. The van der Waals surface area contributed by atoms with Gasteiger partial charge >= 0.3 is 11.9 Å². The molecule has 18 heteroatoms. The summed E-state index contributed by atoms with van der Waals surface area (Å²) in [7, 11) is 1.56. The molecule has 4 aromatic rings. The number of rotatable bonds is 24. The van der Waals surface area contributed by atoms with Gasteiger partial charge in [0.15, 0.2) is 0 Å². The molecule has 4 rings (SSSR count). The van der Waals surface area contributed by atoms with Crippen LogP contribution in [-0.2, 0) is 30.7 Å². The number of pyridine rings is 3. The molecule has 294 valence electrons. The van der Waals surface area contributed by atoms with E-state index in [1.165, 1.54) is 4.90 Å². The third-order valence-electron chi connectivity index (χ3n) is 8.40. The molecule has 0 saturated carbocycles. The van der Waals surface area contributed by atoms with Crippen molar-refractivity contribution in [3.63, 3.8) is 0 Å². The van der Waals surface area contributed by atoms with Gasteiger partial charge in [0, 0.05) is 45.5 Å². The number of hydrogen-bond donors (Lipinski definition) is 6. The van der Waals surface area contributed by atoms with Crippen molar-refractivity contribution in [3.8, 4) is 39.7 Å². The van der Waals surface area contributed by atoms with Crippen LogP contribution in [-0.4, -0.2) is 147 Å². The van der Waals surface area contributed by atoms with Crippen LogP contribution in [0.15, 0.2) is 72.9 Å². The molecule has 1 aromatic carbocycles. The number of aromatic nitrogens is 3. The summed E-state index contributed by atoms with van der Waals surface area (Å²) in [6.07, 6.45) is 1.69. The molecule has 0 fully saturated rings. The summed E-state index contributed by atoms with van der Waals surface area (Å²) in [5.41, 5.74) is 11.4. The Morgan fingerprint density at radius 2 is 1.29 bits per heavy atom. The fourth-order valence-corrected chi connectivity index (χ4v) is 5.65. The highest BCUT2D eigenvalue weighted by atomic mass is 17.1. The predicted molar refractivity (Wildman–Crippen MR) is 201 cm³/mol. The van der Waals surface area contributed by atoms with E-state index in [9.17, 15) is 24.6 Å². The minimum Gasteiger partial charge on any atom is -0.495 e. The van der Waals surface area contributed by atoms with Gasteiger partial charge in [-0.3, -0.25) is 44.6 Å². The first-order chi connectivity index (χ1) is 26.6. The summed E-state index contributed by atoms with van der Waals surface area (Å²) in [5.74, 6) is -1.95. The molecule has 0 saturated heterocycles. The van der Waals surface area contributed by atoms with E-state index in [1.54, 1.807) is 35.2 Å². The number of benzene rings is 1. The first-order valence-corrected chi connectivity index (χ1v) is 17.3. The zero-order valence-electron chi connectivity index (χ0n) is 30.4. The number of anilines is 1. The largest absolute Gasteiger partial charge is 0.495 e. The Balaban J connectivity index is 1.44. The first-order valence-electron chi connectivity index (χ1n) is 17.3. The lowest BCUT2D eigenvalue weighted by atomic mass is 10.0. The normalized spacial score (nSPS) is 11.3. The molecular weight excluding hydrogens is 716 g/mol. The van der Waals surface area contributed by atoms with Gasteiger partial charge in [-0.05, 0) is 59.7 Å². The van der Waals surface area contributed by atoms with Gasteiger partial charge in [-0.25, -0.2) is 19.7 Å². The molecule has 0 aliphatic carbocycles. The van der Waals surface area contributed by atoms with E-state index < -0.39 is 11.9 Å². The highest BCUT2D eigenvalue weighted by Gasteiger charge is 2.18. The lowest BCUT2D eigenvalue weighted by Crippen LogP contribution is -2.45. The number of hydrogen-bond acceptors (Lipinski definition) is 15. The van der Waals surface area contributed by atoms with Gasteiger partial charge in [-0.2, -0.15) is 0 Å². The Labute approximate surface area is 317 Å². The van der Waals surface area contributed by atoms with Crippen molar-refractivity contribution in [1.29, 1.82) is 0 Å². The predicted octanol–water partition coefficient (Wildman–Crippen LogP) is 2.13. The van der Waals surface area contributed by atoms with Crippen molar-refractivity contribution in [2.75, 3.05) is 85.0 Å². The summed E-state index contributed by atoms with van der Waals surface area (Å²) in [6, 6.07) is 20.3. The first kappa shape index (κ1) is 42.1. The van der Waals surface area contributed by atoms with Crippen LogP contribution in [0.25, 0.3) is 33.9 Å². The molecule has 7 N–H and O–H groups in total. The molecule has 1 amide bonds. The number of ether oxygens (including phenoxy) is 1. The topological polar surface area (TPSA) is 246 Å². The van der Waals surface area contributed by atoms with Gasteiger partial charge < -0.3 is 26.0 Å². The van der Waals surface area contributed by atoms with Crippen molar-refractivity contribution < 1.29 is 49.6 Å². The molecule has 18 nitrogen and oxygen atoms in total. The lowest BCUT2D eigenvalue weighted by molar-refractivity contribution is -0.244. The number of nitrogen functional groups attached to an aromatic ring is 1. The number of carboxylic acid groups (broad SMARTS) is 2. The van der Waals surface area contributed by atoms with Crippen LogP contribution in [0.4, 0.5) is 5.69 Å². The molecule has 0 aliphatic heterocycles. The number of carbonyl (C=O) groups is 3. The second-order valence-electron chi connectivity index (χ2n) is 12.4. The fourth-order valence-electron chi connectivity index (χ4n) is 5.65. The van der Waals surface area contributed by atoms with Gasteiger partial charge in [0.25, 0.3) is 0 Å². The molecule has 0 spiro atoms. The molecule has 3 heterocycles. The summed E-state index contributed by atoms with van der Waals surface area (Å²) in [4.78, 5) is 63.2. The van der Waals surface area contributed by atoms with E-state index in [4.69, 9.17) is 31.0 Å². The Bertz CT molecular complexity index is 1850. The average Bonchev–Trinajstić information content (AvgIpc) is 3.18. The van der Waals surface area contributed by atoms with E-state index in [2.05, 4.69) is 20.1 Å². The zero-order chi connectivity index (χ0) is 39.6. The maximum Gasteiger partial charge on any atom is 0.317 e. The third-order valence-corrected chi connectivity index (χ3v) is 8.40. The maximum atomic E-state index is 13.1. The molecule has 55 heavy (non-hydrogen) atoms. The fraction of sp³-hybridized carbons (Fsp3) is 0.351. The van der Waals surface area contributed by atoms with Crippen molar-refractivity contribution in [3.05, 3.63) is 78.6 Å². The van der Waals surface area contributed by atoms with Crippen molar-refractivity contribution in [2.24, 2.45) is 0 Å². The lowest BCUT2D eigenvalue weighted by Gasteiger charge is -2.28. The van der Waals surface area contributed by atoms with Crippen LogP contribution in [0.2, 0.25) is 0 Å². The van der Waals surface area contributed by atoms with E-state index in [0.29, 0.717) is 39.9 Å². The molecule has 0 radical (unpaired) electrons. The van der Waals surface area contributed by atoms with E-state index in [0.717, 1.165) is 11.1 Å². The van der Waals surface area contributed by atoms with Gasteiger partial charge in [-0.1, -0.05) is 18.2 Å². The monoisotopic (exact) mass is 762 g/mol. The summed E-state index contributed by atoms with van der Waals surface area (Å²) in [5, 5.41) is 39.2. The zero-order valence-corrected chi connectivity index (χ0v) is 30.4. The van der Waals surface area contributed by atoms with Crippen LogP contribution in [0.1, 0.15) is 5.69 Å². The average molecular weight is 763 g/mol. The summed E-state index contributed by atoms with van der Waals surface area (Å²) < 4.78 is 5.33. The van der Waals surface area contributed by atoms with Gasteiger partial charge in [0.05, 0.1) is 80.7 Å². The molecule has 0 aliphatic rings. The summed E-state index contributed by atoms with van der Waals surface area (Å²) >= 11 is 0. The standard InChI is InChI=1S/C37H46N8O10/c1-53-34-9-8-26(19-29(34)38)27-20-32(30-6-2-3-10-39-30)42-33(21-27)31-7-4-5-28(41-31)22-40-35(46)23-44(15-17-54-51)13-11-43(24-36(47)48)12-14-45(16-18-55-52)25-37(49)50/h2-10,19-21,51-52H,11-18,22-25,38H2,1H3,(H,40,46)(H,47,48)(H,49,50). The second-order valence-corrected chi connectivity index (χ2v) is 12.4. The minimum atomic E-state index is -1.08. The summed E-state index contributed by atoms with van der Waals surface area (Å²) in [6.45, 7) is 0.251. The number of nitrogens with zero attached hydrogens (tertiary/aromatic N) is 6. The quantitative estimate of drug-likeness (QED) is 0.0340. The van der Waals surface area contributed by atoms with E-state index >= 15 is 0 Å². The molecule has 0 atom stereocenters. The Hall–Kier alpha value is -5.60. The van der Waals surface area contributed by atoms with Crippen LogP contribution < -0.4 is 15.8 Å². The number of nitrogens with one attached hydrogen (secondary N) is 1. The van der Waals surface area contributed by atoms with Crippen LogP contribution >= 0.6 is 0 Å². The van der Waals surface area contributed by atoms with Crippen molar-refractivity contribution >= 4 is 23.5 Å². The molecule has 0 unspecified atom stereocenters. The van der Waals surface area contributed by atoms with E-state index in [-0.39, 0.29) is 84.6 Å². The number of carbonyl (C=O) groups excluding carboxylic acids is 1. The maximum absolute atomic E-state index is 13.1. The van der Waals surface area contributed by atoms with Crippen molar-refractivity contribution in [1.82, 2.24) is 35.0 Å². The van der Waals surface area contributed by atoms with Crippen LogP contribution in [0.5, 0.6) is 5.75 Å². The highest BCUT2D eigenvalue weighted by molar-refractivity contribution is 5.79. The van der Waals surface area contributed by atoms with Crippen LogP contribution in [0.3, 0.4) is 0 Å². The van der Waals surface area contributed by atoms with Gasteiger partial charge in [0.1, 0.15) is 5.75 Å². The molecule has 0 bridgehead atoms. The Kier molecular flexibility index (Phi) is 16.8. The van der Waals surface area contributed by atoms with Crippen LogP contribution in [0, 0.1) is 0 Å². The Morgan fingerprint density at radius 1 is 0.691 bits per heavy atom. The number of amides is 1. The number of aliphatic carboxylic acids is 2. The number of nitrogens with two attached hydrogens (primary N) is 1. The highest BCUT2D eigenvalue weighted by Crippen LogP contribution is 2.32. The van der Waals surface area contributed by atoms with Gasteiger partial charge in [0.2, 0.25) is 5.91 Å². The molecular formula is C37H46N8O10. The van der Waals surface area contributed by atoms with Gasteiger partial charge in [-0.15, -0.1) is 0 Å². The minimum absolute atomic E-state index is 0.0923. The number of carboxylic acids is 2. The number of methoxy groups -OCH3 is 1. The van der Waals surface area contributed by atoms with E-state index in [1.807, 2.05) is 54.6 Å².